The smallest absolute Gasteiger partial charge is 0.252 e. The molecule has 0 radical (unpaired) electrons. The van der Waals surface area contributed by atoms with Crippen molar-refractivity contribution in [1.29, 1.82) is 5.26 Å². The summed E-state index contributed by atoms with van der Waals surface area (Å²) < 4.78 is 23.1. The molecule has 6 heteroatoms. The monoisotopic (exact) mass is 340 g/mol. The number of nitrogens with zero attached hydrogens (tertiary/aromatic N) is 1. The minimum Gasteiger partial charge on any atom is -0.348 e. The molecular formula is C18H16N2O3S. The summed E-state index contributed by atoms with van der Waals surface area (Å²) in [4.78, 5) is 12.6. The Morgan fingerprint density at radius 2 is 1.75 bits per heavy atom. The molecule has 2 aromatic rings. The van der Waals surface area contributed by atoms with E-state index in [0.717, 1.165) is 0 Å². The predicted octanol–water partition coefficient (Wildman–Crippen LogP) is 2.14. The topological polar surface area (TPSA) is 87.0 Å². The third kappa shape index (κ3) is 3.31. The summed E-state index contributed by atoms with van der Waals surface area (Å²) in [6, 6.07) is 15.9. The predicted molar refractivity (Wildman–Crippen MR) is 91.1 cm³/mol. The first kappa shape index (κ1) is 16.2. The molecule has 1 amide bonds. The Labute approximate surface area is 140 Å². The summed E-state index contributed by atoms with van der Waals surface area (Å²) in [6.45, 7) is 0. The SMILES string of the molecule is N#Cc1ccccc1-c1ccccc1C(=O)NC1CCS(=O)(=O)C1. The number of sulfone groups is 1. The molecule has 2 aromatic carbocycles. The van der Waals surface area contributed by atoms with Gasteiger partial charge in [-0.25, -0.2) is 8.42 Å². The van der Waals surface area contributed by atoms with Crippen molar-refractivity contribution >= 4 is 15.7 Å². The molecule has 1 aliphatic rings. The van der Waals surface area contributed by atoms with Gasteiger partial charge in [0.15, 0.2) is 9.84 Å². The lowest BCUT2D eigenvalue weighted by atomic mass is 9.95. The highest BCUT2D eigenvalue weighted by Crippen LogP contribution is 2.27. The molecule has 1 aliphatic heterocycles. The van der Waals surface area contributed by atoms with Crippen molar-refractivity contribution in [3.63, 3.8) is 0 Å². The maximum atomic E-state index is 12.6. The number of carbonyl (C=O) groups is 1. The van der Waals surface area contributed by atoms with Crippen LogP contribution in [0.3, 0.4) is 0 Å². The molecule has 3 rings (SSSR count). The normalized spacial score (nSPS) is 18.7. The van der Waals surface area contributed by atoms with E-state index in [1.54, 1.807) is 42.5 Å². The Morgan fingerprint density at radius 1 is 1.08 bits per heavy atom. The average Bonchev–Trinajstić information content (AvgIpc) is 2.93. The summed E-state index contributed by atoms with van der Waals surface area (Å²) in [7, 11) is -3.05. The second-order valence-corrected chi connectivity index (χ2v) is 8.01. The van der Waals surface area contributed by atoms with Crippen molar-refractivity contribution in [3.05, 3.63) is 59.7 Å². The van der Waals surface area contributed by atoms with Gasteiger partial charge in [0, 0.05) is 17.2 Å². The van der Waals surface area contributed by atoms with Gasteiger partial charge in [-0.05, 0) is 24.1 Å². The number of nitrogens with one attached hydrogen (secondary N) is 1. The fourth-order valence-corrected chi connectivity index (χ4v) is 4.58. The molecule has 0 aromatic heterocycles. The van der Waals surface area contributed by atoms with Crippen LogP contribution in [0.5, 0.6) is 0 Å². The van der Waals surface area contributed by atoms with Crippen molar-refractivity contribution in [1.82, 2.24) is 5.32 Å². The first-order chi connectivity index (χ1) is 11.5. The van der Waals surface area contributed by atoms with Crippen LogP contribution >= 0.6 is 0 Å². The van der Waals surface area contributed by atoms with Gasteiger partial charge in [-0.1, -0.05) is 36.4 Å². The van der Waals surface area contributed by atoms with E-state index in [4.69, 9.17) is 0 Å². The quantitative estimate of drug-likeness (QED) is 0.927. The van der Waals surface area contributed by atoms with E-state index in [1.807, 2.05) is 6.07 Å². The van der Waals surface area contributed by atoms with Gasteiger partial charge in [0.05, 0.1) is 23.1 Å². The zero-order valence-electron chi connectivity index (χ0n) is 12.9. The fraction of sp³-hybridized carbons (Fsp3) is 0.222. The van der Waals surface area contributed by atoms with E-state index >= 15 is 0 Å². The Kier molecular flexibility index (Phi) is 4.36. The number of benzene rings is 2. The molecule has 0 aliphatic carbocycles. The zero-order chi connectivity index (χ0) is 17.2. The van der Waals surface area contributed by atoms with Crippen molar-refractivity contribution in [3.8, 4) is 17.2 Å². The van der Waals surface area contributed by atoms with Crippen LogP contribution in [-0.2, 0) is 9.84 Å². The van der Waals surface area contributed by atoms with Crippen LogP contribution in [-0.4, -0.2) is 31.9 Å². The van der Waals surface area contributed by atoms with E-state index in [2.05, 4.69) is 11.4 Å². The number of rotatable bonds is 3. The minimum atomic E-state index is -3.05. The lowest BCUT2D eigenvalue weighted by Gasteiger charge is -2.14. The maximum Gasteiger partial charge on any atom is 0.252 e. The zero-order valence-corrected chi connectivity index (χ0v) is 13.7. The summed E-state index contributed by atoms with van der Waals surface area (Å²) >= 11 is 0. The third-order valence-corrected chi connectivity index (χ3v) is 5.84. The van der Waals surface area contributed by atoms with E-state index in [1.165, 1.54) is 0 Å². The van der Waals surface area contributed by atoms with Crippen LogP contribution in [0.1, 0.15) is 22.3 Å². The van der Waals surface area contributed by atoms with Crippen LogP contribution in [0.2, 0.25) is 0 Å². The van der Waals surface area contributed by atoms with Crippen molar-refractivity contribution in [2.75, 3.05) is 11.5 Å². The molecule has 122 valence electrons. The van der Waals surface area contributed by atoms with Gasteiger partial charge in [-0.3, -0.25) is 4.79 Å². The first-order valence-corrected chi connectivity index (χ1v) is 9.42. The third-order valence-electron chi connectivity index (χ3n) is 4.08. The molecule has 1 N–H and O–H groups in total. The van der Waals surface area contributed by atoms with Crippen molar-refractivity contribution < 1.29 is 13.2 Å². The van der Waals surface area contributed by atoms with Gasteiger partial charge in [-0.15, -0.1) is 0 Å². The van der Waals surface area contributed by atoms with Gasteiger partial charge in [0.1, 0.15) is 0 Å². The van der Waals surface area contributed by atoms with Crippen molar-refractivity contribution in [2.45, 2.75) is 12.5 Å². The number of hydrogen-bond acceptors (Lipinski definition) is 4. The standard InChI is InChI=1S/C18H16N2O3S/c19-11-13-5-1-2-6-15(13)16-7-3-4-8-17(16)18(21)20-14-9-10-24(22,23)12-14/h1-8,14H,9-10,12H2,(H,20,21). The highest BCUT2D eigenvalue weighted by atomic mass is 32.2. The number of nitriles is 1. The van der Waals surface area contributed by atoms with Crippen molar-refractivity contribution in [2.24, 2.45) is 0 Å². The van der Waals surface area contributed by atoms with Crippen LogP contribution in [0.4, 0.5) is 0 Å². The number of carbonyl (C=O) groups excluding carboxylic acids is 1. The Balaban J connectivity index is 1.92. The lowest BCUT2D eigenvalue weighted by Crippen LogP contribution is -2.35. The molecule has 5 nitrogen and oxygen atoms in total. The molecule has 1 fully saturated rings. The van der Waals surface area contributed by atoms with Gasteiger partial charge in [-0.2, -0.15) is 5.26 Å². The van der Waals surface area contributed by atoms with E-state index < -0.39 is 9.84 Å². The summed E-state index contributed by atoms with van der Waals surface area (Å²) in [5.41, 5.74) is 2.27. The highest BCUT2D eigenvalue weighted by molar-refractivity contribution is 7.91. The Hall–Kier alpha value is -2.65. The Bertz CT molecular complexity index is 929. The molecule has 1 heterocycles. The largest absolute Gasteiger partial charge is 0.348 e. The second kappa shape index (κ2) is 6.46. The molecule has 0 spiro atoms. The second-order valence-electron chi connectivity index (χ2n) is 5.78. The highest BCUT2D eigenvalue weighted by Gasteiger charge is 2.29. The lowest BCUT2D eigenvalue weighted by molar-refractivity contribution is 0.0942. The van der Waals surface area contributed by atoms with Gasteiger partial charge in [0.2, 0.25) is 0 Å². The molecule has 1 saturated heterocycles. The Morgan fingerprint density at radius 3 is 2.42 bits per heavy atom. The average molecular weight is 340 g/mol. The number of hydrogen-bond donors (Lipinski definition) is 1. The molecule has 1 unspecified atom stereocenters. The van der Waals surface area contributed by atoms with E-state index in [0.29, 0.717) is 28.7 Å². The first-order valence-electron chi connectivity index (χ1n) is 7.60. The fourth-order valence-electron chi connectivity index (χ4n) is 2.90. The van der Waals surface area contributed by atoms with Crippen LogP contribution in [0, 0.1) is 11.3 Å². The van der Waals surface area contributed by atoms with Crippen LogP contribution in [0.15, 0.2) is 48.5 Å². The summed E-state index contributed by atoms with van der Waals surface area (Å²) in [5, 5.41) is 12.1. The summed E-state index contributed by atoms with van der Waals surface area (Å²) in [5.74, 6) is -0.229. The van der Waals surface area contributed by atoms with Gasteiger partial charge >= 0.3 is 0 Å². The molecule has 0 saturated carbocycles. The van der Waals surface area contributed by atoms with Gasteiger partial charge < -0.3 is 5.32 Å². The molecular weight excluding hydrogens is 324 g/mol. The molecule has 1 atom stereocenters. The maximum absolute atomic E-state index is 12.6. The number of amides is 1. The van der Waals surface area contributed by atoms with E-state index in [9.17, 15) is 18.5 Å². The van der Waals surface area contributed by atoms with Crippen LogP contribution in [0.25, 0.3) is 11.1 Å². The summed E-state index contributed by atoms with van der Waals surface area (Å²) in [6.07, 6.45) is 0.436. The minimum absolute atomic E-state index is 0.0182. The molecule has 0 bridgehead atoms. The van der Waals surface area contributed by atoms with E-state index in [-0.39, 0.29) is 23.5 Å². The molecule has 24 heavy (non-hydrogen) atoms. The van der Waals surface area contributed by atoms with Crippen LogP contribution < -0.4 is 5.32 Å². The van der Waals surface area contributed by atoms with Gasteiger partial charge in [0.25, 0.3) is 5.91 Å².